The minimum absolute atomic E-state index is 0.0726. The van der Waals surface area contributed by atoms with Crippen LogP contribution in [0, 0.1) is 0 Å². The molecule has 0 spiro atoms. The predicted molar refractivity (Wildman–Crippen MR) is 90.4 cm³/mol. The molecule has 0 atom stereocenters. The first-order valence-corrected chi connectivity index (χ1v) is 7.47. The largest absolute Gasteiger partial charge is 0.497 e. The molecule has 0 aromatic heterocycles. The number of nitrogens with zero attached hydrogens (tertiary/aromatic N) is 1. The number of ether oxygens (including phenoxy) is 1. The van der Waals surface area contributed by atoms with Crippen LogP contribution in [0.3, 0.4) is 0 Å². The molecule has 1 aromatic carbocycles. The SMILES string of the molecule is COc1ccc(C(=O)NNC(=O)N(C=C(Cl)Cl)C(C)(C)C)cc1. The number of hydrazine groups is 1. The first kappa shape index (κ1) is 19.1. The lowest BCUT2D eigenvalue weighted by Gasteiger charge is -2.32. The van der Waals surface area contributed by atoms with Crippen LogP contribution in [0.15, 0.2) is 35.0 Å². The molecule has 0 aliphatic rings. The van der Waals surface area contributed by atoms with Gasteiger partial charge in [-0.25, -0.2) is 10.2 Å². The molecule has 1 rings (SSSR count). The van der Waals surface area contributed by atoms with Crippen LogP contribution in [0.4, 0.5) is 4.79 Å². The number of rotatable bonds is 3. The van der Waals surface area contributed by atoms with Crippen LogP contribution in [-0.4, -0.2) is 29.5 Å². The van der Waals surface area contributed by atoms with E-state index in [0.717, 1.165) is 0 Å². The number of methoxy groups -OCH3 is 1. The summed E-state index contributed by atoms with van der Waals surface area (Å²) < 4.78 is 4.94. The molecular formula is C15H19Cl2N3O3. The van der Waals surface area contributed by atoms with E-state index in [1.54, 1.807) is 45.0 Å². The number of halogens is 2. The Kier molecular flexibility index (Phi) is 6.72. The van der Waals surface area contributed by atoms with Gasteiger partial charge in [0.2, 0.25) is 0 Å². The van der Waals surface area contributed by atoms with Gasteiger partial charge in [-0.2, -0.15) is 0 Å². The maximum absolute atomic E-state index is 12.2. The Hall–Kier alpha value is -1.92. The van der Waals surface area contributed by atoms with E-state index in [1.807, 2.05) is 0 Å². The van der Waals surface area contributed by atoms with E-state index in [4.69, 9.17) is 27.9 Å². The summed E-state index contributed by atoms with van der Waals surface area (Å²) in [4.78, 5) is 25.4. The maximum Gasteiger partial charge on any atom is 0.340 e. The number of hydrogen-bond acceptors (Lipinski definition) is 3. The van der Waals surface area contributed by atoms with E-state index in [1.165, 1.54) is 18.2 Å². The molecule has 0 unspecified atom stereocenters. The van der Waals surface area contributed by atoms with Crippen molar-refractivity contribution in [3.05, 3.63) is 40.5 Å². The van der Waals surface area contributed by atoms with Crippen LogP contribution in [0.25, 0.3) is 0 Å². The number of carbonyl (C=O) groups is 2. The van der Waals surface area contributed by atoms with E-state index >= 15 is 0 Å². The van der Waals surface area contributed by atoms with Gasteiger partial charge in [0.05, 0.1) is 7.11 Å². The van der Waals surface area contributed by atoms with E-state index in [9.17, 15) is 9.59 Å². The summed E-state index contributed by atoms with van der Waals surface area (Å²) in [6.07, 6.45) is 1.28. The lowest BCUT2D eigenvalue weighted by Crippen LogP contribution is -2.52. The summed E-state index contributed by atoms with van der Waals surface area (Å²) in [6.45, 7) is 5.39. The van der Waals surface area contributed by atoms with E-state index in [-0.39, 0.29) is 4.49 Å². The van der Waals surface area contributed by atoms with E-state index in [2.05, 4.69) is 10.9 Å². The van der Waals surface area contributed by atoms with Crippen molar-refractivity contribution in [2.45, 2.75) is 26.3 Å². The van der Waals surface area contributed by atoms with Crippen molar-refractivity contribution in [2.24, 2.45) is 0 Å². The van der Waals surface area contributed by atoms with Gasteiger partial charge in [0.25, 0.3) is 5.91 Å². The van der Waals surface area contributed by atoms with Gasteiger partial charge in [-0.15, -0.1) is 0 Å². The molecule has 0 saturated heterocycles. The normalized spacial score (nSPS) is 10.5. The summed E-state index contributed by atoms with van der Waals surface area (Å²) in [6, 6.07) is 5.88. The highest BCUT2D eigenvalue weighted by Gasteiger charge is 2.25. The Morgan fingerprint density at radius 2 is 1.70 bits per heavy atom. The summed E-state index contributed by atoms with van der Waals surface area (Å²) in [5.74, 6) is 0.169. The third-order valence-electron chi connectivity index (χ3n) is 2.80. The van der Waals surface area contributed by atoms with Crippen LogP contribution < -0.4 is 15.6 Å². The number of amides is 3. The molecule has 2 N–H and O–H groups in total. The monoisotopic (exact) mass is 359 g/mol. The first-order chi connectivity index (χ1) is 10.6. The minimum Gasteiger partial charge on any atom is -0.497 e. The Labute approximate surface area is 145 Å². The van der Waals surface area contributed by atoms with Gasteiger partial charge < -0.3 is 4.74 Å². The third kappa shape index (κ3) is 6.00. The molecule has 0 saturated carbocycles. The Morgan fingerprint density at radius 1 is 1.13 bits per heavy atom. The minimum atomic E-state index is -0.579. The fraction of sp³-hybridized carbons (Fsp3) is 0.333. The third-order valence-corrected chi connectivity index (χ3v) is 3.00. The van der Waals surface area contributed by atoms with Gasteiger partial charge >= 0.3 is 6.03 Å². The number of nitrogens with one attached hydrogen (secondary N) is 2. The van der Waals surface area contributed by atoms with Crippen LogP contribution in [0.2, 0.25) is 0 Å². The summed E-state index contributed by atoms with van der Waals surface area (Å²) >= 11 is 11.2. The Balaban J connectivity index is 2.72. The van der Waals surface area contributed by atoms with Crippen molar-refractivity contribution in [3.8, 4) is 5.75 Å². The topological polar surface area (TPSA) is 70.7 Å². The van der Waals surface area contributed by atoms with E-state index in [0.29, 0.717) is 11.3 Å². The van der Waals surface area contributed by atoms with Crippen molar-refractivity contribution in [3.63, 3.8) is 0 Å². The van der Waals surface area contributed by atoms with Gasteiger partial charge in [-0.1, -0.05) is 23.2 Å². The second kappa shape index (κ2) is 8.08. The van der Waals surface area contributed by atoms with Crippen LogP contribution in [0.5, 0.6) is 5.75 Å². The zero-order chi connectivity index (χ0) is 17.6. The molecule has 0 aliphatic carbocycles. The lowest BCUT2D eigenvalue weighted by atomic mass is 10.1. The van der Waals surface area contributed by atoms with Crippen molar-refractivity contribution in [1.82, 2.24) is 15.8 Å². The molecule has 8 heteroatoms. The molecular weight excluding hydrogens is 341 g/mol. The maximum atomic E-state index is 12.2. The first-order valence-electron chi connectivity index (χ1n) is 6.71. The van der Waals surface area contributed by atoms with Gasteiger partial charge in [0.1, 0.15) is 10.2 Å². The summed E-state index contributed by atoms with van der Waals surface area (Å²) in [5.41, 5.74) is 4.44. The zero-order valence-corrected chi connectivity index (χ0v) is 14.8. The number of hydrogen-bond donors (Lipinski definition) is 2. The average molecular weight is 360 g/mol. The van der Waals surface area contributed by atoms with Crippen molar-refractivity contribution >= 4 is 35.1 Å². The smallest absolute Gasteiger partial charge is 0.340 e. The second-order valence-corrected chi connectivity index (χ2v) is 6.58. The van der Waals surface area contributed by atoms with Crippen LogP contribution in [0.1, 0.15) is 31.1 Å². The lowest BCUT2D eigenvalue weighted by molar-refractivity contribution is 0.0926. The van der Waals surface area contributed by atoms with Crippen molar-refractivity contribution in [1.29, 1.82) is 0 Å². The number of carbonyl (C=O) groups excluding carboxylic acids is 2. The number of urea groups is 1. The van der Waals surface area contributed by atoms with Crippen molar-refractivity contribution in [2.75, 3.05) is 7.11 Å². The molecule has 0 bridgehead atoms. The molecule has 0 radical (unpaired) electrons. The molecule has 0 heterocycles. The highest BCUT2D eigenvalue weighted by atomic mass is 35.5. The molecule has 6 nitrogen and oxygen atoms in total. The van der Waals surface area contributed by atoms with Crippen LogP contribution in [-0.2, 0) is 0 Å². The van der Waals surface area contributed by atoms with Crippen molar-refractivity contribution < 1.29 is 14.3 Å². The molecule has 1 aromatic rings. The summed E-state index contributed by atoms with van der Waals surface area (Å²) in [7, 11) is 1.53. The zero-order valence-electron chi connectivity index (χ0n) is 13.3. The fourth-order valence-corrected chi connectivity index (χ4v) is 1.83. The fourth-order valence-electron chi connectivity index (χ4n) is 1.64. The quantitative estimate of drug-likeness (QED) is 0.812. The Morgan fingerprint density at radius 3 is 2.13 bits per heavy atom. The molecule has 0 fully saturated rings. The Bertz CT molecular complexity index is 591. The van der Waals surface area contributed by atoms with Gasteiger partial charge in [-0.05, 0) is 45.0 Å². The standard InChI is InChI=1S/C15H19Cl2N3O3/c1-15(2,3)20(9-12(16)17)14(22)19-18-13(21)10-5-7-11(23-4)8-6-10/h5-9H,1-4H3,(H,18,21)(H,19,22). The highest BCUT2D eigenvalue weighted by molar-refractivity contribution is 6.55. The molecule has 126 valence electrons. The molecule has 0 aliphatic heterocycles. The number of benzene rings is 1. The van der Waals surface area contributed by atoms with E-state index < -0.39 is 17.5 Å². The molecule has 3 amide bonds. The molecule has 23 heavy (non-hydrogen) atoms. The predicted octanol–water partition coefficient (Wildman–Crippen LogP) is 3.43. The average Bonchev–Trinajstić information content (AvgIpc) is 2.48. The van der Waals surface area contributed by atoms with Gasteiger partial charge in [0.15, 0.2) is 0 Å². The van der Waals surface area contributed by atoms with Crippen LogP contribution >= 0.6 is 23.2 Å². The highest BCUT2D eigenvalue weighted by Crippen LogP contribution is 2.18. The second-order valence-electron chi connectivity index (χ2n) is 5.57. The van der Waals surface area contributed by atoms with Gasteiger partial charge in [-0.3, -0.25) is 15.1 Å². The van der Waals surface area contributed by atoms with Gasteiger partial charge in [0, 0.05) is 17.3 Å². The summed E-state index contributed by atoms with van der Waals surface area (Å²) in [5, 5.41) is 0.